The van der Waals surface area contributed by atoms with Crippen molar-refractivity contribution in [1.82, 2.24) is 0 Å². The van der Waals surface area contributed by atoms with Crippen LogP contribution in [-0.2, 0) is 20.5 Å². The van der Waals surface area contributed by atoms with Gasteiger partial charge in [-0.05, 0) is 37.1 Å². The van der Waals surface area contributed by atoms with Crippen molar-refractivity contribution < 1.29 is 38.0 Å². The molecule has 0 aliphatic rings. The van der Waals surface area contributed by atoms with Crippen LogP contribution < -0.4 is 29.6 Å². The van der Waals surface area contributed by atoms with Crippen molar-refractivity contribution in [3.05, 3.63) is 29.3 Å². The van der Waals surface area contributed by atoms with Gasteiger partial charge in [-0.1, -0.05) is 6.07 Å². The van der Waals surface area contributed by atoms with Crippen molar-refractivity contribution >= 4 is 20.5 Å². The molecular weight excluding hydrogens is 215 g/mol. The van der Waals surface area contributed by atoms with E-state index in [-0.39, 0.29) is 34.5 Å². The molecule has 0 N–H and O–H groups in total. The normalized spacial score (nSPS) is 10.7. The van der Waals surface area contributed by atoms with E-state index in [0.29, 0.717) is 0 Å². The van der Waals surface area contributed by atoms with Crippen molar-refractivity contribution in [3.8, 4) is 0 Å². The molecule has 0 aromatic heterocycles. The van der Waals surface area contributed by atoms with Crippen LogP contribution in [0.25, 0.3) is 0 Å². The Bertz CT molecular complexity index is 399. The van der Waals surface area contributed by atoms with E-state index in [9.17, 15) is 8.42 Å². The fourth-order valence-corrected chi connectivity index (χ4v) is 1.74. The maximum Gasteiger partial charge on any atom is 1.00 e. The largest absolute Gasteiger partial charge is 1.00 e. The quantitative estimate of drug-likeness (QED) is 0.332. The van der Waals surface area contributed by atoms with Gasteiger partial charge in [0.05, 0.1) is 8.87 Å². The third kappa shape index (κ3) is 3.64. The van der Waals surface area contributed by atoms with Gasteiger partial charge in [0.15, 0.2) is 0 Å². The maximum atomic E-state index is 10.9. The minimum Gasteiger partial charge on any atom is -0.644 e. The summed E-state index contributed by atoms with van der Waals surface area (Å²) >= 11 is 4.33. The van der Waals surface area contributed by atoms with E-state index >= 15 is 0 Å². The van der Waals surface area contributed by atoms with Gasteiger partial charge < -0.3 is 11.7 Å². The molecule has 2 nitrogen and oxygen atoms in total. The summed E-state index contributed by atoms with van der Waals surface area (Å²) in [5.74, 6) is 0. The van der Waals surface area contributed by atoms with Gasteiger partial charge in [-0.3, -0.25) is 0 Å². The zero-order valence-corrected chi connectivity index (χ0v) is 11.5. The first-order valence-electron chi connectivity index (χ1n) is 3.44. The molecule has 0 bridgehead atoms. The smallest absolute Gasteiger partial charge is 0.644 e. The first kappa shape index (κ1) is 13.5. The second-order valence-corrected chi connectivity index (χ2v) is 5.40. The van der Waals surface area contributed by atoms with Crippen molar-refractivity contribution in [1.29, 1.82) is 0 Å². The summed E-state index contributed by atoms with van der Waals surface area (Å²) in [7, 11) is -3.46. The summed E-state index contributed by atoms with van der Waals surface area (Å²) in [5, 5.41) is 0. The molecule has 0 heterocycles. The van der Waals surface area contributed by atoms with E-state index in [1.807, 2.05) is 13.8 Å². The summed E-state index contributed by atoms with van der Waals surface area (Å²) in [6.45, 7) is 3.79. The number of aryl methyl sites for hydroxylation is 2. The van der Waals surface area contributed by atoms with Gasteiger partial charge in [0.1, 0.15) is 0 Å². The van der Waals surface area contributed by atoms with Crippen LogP contribution in [0.1, 0.15) is 11.1 Å². The number of benzene rings is 1. The van der Waals surface area contributed by atoms with Crippen LogP contribution in [0.3, 0.4) is 0 Å². The van der Waals surface area contributed by atoms with Gasteiger partial charge >= 0.3 is 29.6 Å². The third-order valence-corrected chi connectivity index (χ3v) is 3.18. The molecule has 0 radical (unpaired) electrons. The van der Waals surface area contributed by atoms with Crippen molar-refractivity contribution in [2.75, 3.05) is 0 Å². The predicted molar refractivity (Wildman–Crippen MR) is 50.5 cm³/mol. The van der Waals surface area contributed by atoms with Gasteiger partial charge in [0.2, 0.25) is 0 Å². The molecule has 0 spiro atoms. The van der Waals surface area contributed by atoms with E-state index in [4.69, 9.17) is 0 Å². The van der Waals surface area contributed by atoms with E-state index in [1.54, 1.807) is 12.1 Å². The molecule has 13 heavy (non-hydrogen) atoms. The molecule has 0 atom stereocenters. The molecule has 66 valence electrons. The van der Waals surface area contributed by atoms with Crippen LogP contribution in [-0.4, -0.2) is 8.42 Å². The van der Waals surface area contributed by atoms with Gasteiger partial charge in [-0.25, -0.2) is 8.42 Å². The van der Waals surface area contributed by atoms with Crippen LogP contribution in [0.15, 0.2) is 23.1 Å². The summed E-state index contributed by atoms with van der Waals surface area (Å²) in [5.41, 5.74) is 2.01. The Morgan fingerprint density at radius 2 is 1.69 bits per heavy atom. The van der Waals surface area contributed by atoms with Gasteiger partial charge in [-0.2, -0.15) is 0 Å². The van der Waals surface area contributed by atoms with E-state index in [2.05, 4.69) is 11.7 Å². The van der Waals surface area contributed by atoms with E-state index in [1.165, 1.54) is 6.07 Å². The van der Waals surface area contributed by atoms with E-state index in [0.717, 1.165) is 11.1 Å². The van der Waals surface area contributed by atoms with Crippen LogP contribution in [0.4, 0.5) is 0 Å². The second kappa shape index (κ2) is 4.84. The number of hydrogen-bond acceptors (Lipinski definition) is 3. The monoisotopic (exact) mass is 224 g/mol. The molecule has 0 amide bonds. The molecule has 1 aromatic rings. The van der Waals surface area contributed by atoms with Crippen molar-refractivity contribution in [2.24, 2.45) is 0 Å². The fourth-order valence-electron chi connectivity index (χ4n) is 0.869. The Hall–Kier alpha value is 0.520. The van der Waals surface area contributed by atoms with Gasteiger partial charge in [-0.15, -0.1) is 0 Å². The van der Waals surface area contributed by atoms with Crippen LogP contribution in [0, 0.1) is 13.8 Å². The Balaban J connectivity index is 0.00000144. The van der Waals surface area contributed by atoms with Crippen molar-refractivity contribution in [2.45, 2.75) is 18.7 Å². The van der Waals surface area contributed by atoms with Gasteiger partial charge in [0.25, 0.3) is 0 Å². The zero-order chi connectivity index (χ0) is 9.35. The first-order valence-corrected chi connectivity index (χ1v) is 5.85. The minimum absolute atomic E-state index is 0. The number of rotatable bonds is 1. The average molecular weight is 224 g/mol. The van der Waals surface area contributed by atoms with Crippen LogP contribution >= 0.6 is 0 Å². The summed E-state index contributed by atoms with van der Waals surface area (Å²) in [6, 6.07) is 4.89. The fraction of sp³-hybridized carbons (Fsp3) is 0.250. The molecule has 0 saturated carbocycles. The minimum atomic E-state index is -3.46. The van der Waals surface area contributed by atoms with E-state index < -0.39 is 8.87 Å². The summed E-state index contributed by atoms with van der Waals surface area (Å²) < 4.78 is 21.8. The molecular formula is C8H9NaO2S2. The third-order valence-electron chi connectivity index (χ3n) is 1.77. The second-order valence-electron chi connectivity index (χ2n) is 2.70. The molecule has 0 aliphatic heterocycles. The Labute approximate surface area is 106 Å². The standard InChI is InChI=1S/C8H10O2S2.Na/c1-6-3-4-8(5-7(6)2)12(9,10)11;/h3-5H,1-2H3,(H,9,10,11);/q;+1/p-1. The van der Waals surface area contributed by atoms with Gasteiger partial charge in [0, 0.05) is 4.90 Å². The van der Waals surface area contributed by atoms with Crippen LogP contribution in [0.2, 0.25) is 0 Å². The van der Waals surface area contributed by atoms with Crippen LogP contribution in [0.5, 0.6) is 0 Å². The molecule has 1 aromatic carbocycles. The zero-order valence-electron chi connectivity index (χ0n) is 7.87. The molecule has 5 heteroatoms. The Morgan fingerprint density at radius 3 is 2.08 bits per heavy atom. The summed E-state index contributed by atoms with van der Waals surface area (Å²) in [6.07, 6.45) is 0. The number of hydrogen-bond donors (Lipinski definition) is 0. The Morgan fingerprint density at radius 1 is 1.15 bits per heavy atom. The molecule has 0 unspecified atom stereocenters. The first-order chi connectivity index (χ1) is 5.41. The molecule has 0 saturated heterocycles. The summed E-state index contributed by atoms with van der Waals surface area (Å²) in [4.78, 5) is 0.209. The molecule has 1 rings (SSSR count). The SMILES string of the molecule is Cc1ccc(S(=O)(=O)[S-])cc1C.[Na+]. The topological polar surface area (TPSA) is 34.1 Å². The predicted octanol–water partition coefficient (Wildman–Crippen LogP) is -1.46. The van der Waals surface area contributed by atoms with Crippen molar-refractivity contribution in [3.63, 3.8) is 0 Å². The maximum absolute atomic E-state index is 10.9. The average Bonchev–Trinajstić information content (AvgIpc) is 1.92. The molecule has 0 fully saturated rings. The Kier molecular flexibility index (Phi) is 5.04. The molecule has 0 aliphatic carbocycles.